The van der Waals surface area contributed by atoms with Crippen LogP contribution >= 0.6 is 0 Å². The van der Waals surface area contributed by atoms with E-state index < -0.39 is 14.2 Å². The Morgan fingerprint density at radius 1 is 0.523 bits per heavy atom. The summed E-state index contributed by atoms with van der Waals surface area (Å²) in [5.74, 6) is 0.736. The molecule has 65 heavy (non-hydrogen) atoms. The number of alkyl halides is 1. The van der Waals surface area contributed by atoms with E-state index in [2.05, 4.69) is 172 Å². The van der Waals surface area contributed by atoms with Gasteiger partial charge in [0, 0.05) is 46.7 Å². The summed E-state index contributed by atoms with van der Waals surface area (Å²) in [6.45, 7) is 0. The van der Waals surface area contributed by atoms with Crippen LogP contribution in [0.2, 0.25) is 0 Å². The van der Waals surface area contributed by atoms with Crippen molar-refractivity contribution < 1.29 is 25.5 Å². The average molecular weight is 1030 g/mol. The van der Waals surface area contributed by atoms with Gasteiger partial charge in [-0.05, 0) is 80.1 Å². The molecule has 0 saturated carbocycles. The van der Waals surface area contributed by atoms with Crippen LogP contribution in [0.4, 0.5) is 21.5 Å². The Labute approximate surface area is 390 Å². The monoisotopic (exact) mass is 1030 g/mol. The van der Waals surface area contributed by atoms with E-state index >= 15 is 4.39 Å². The van der Waals surface area contributed by atoms with Crippen LogP contribution in [0, 0.1) is 12.1 Å². The molecule has 0 amide bonds. The molecule has 4 aromatic heterocycles. The maximum Gasteiger partial charge on any atom is 2.00 e. The Balaban J connectivity index is 0.00000444. The molecule has 5 heterocycles. The minimum Gasteiger partial charge on any atom is -0.340 e. The van der Waals surface area contributed by atoms with E-state index in [0.29, 0.717) is 11.1 Å². The molecule has 310 valence electrons. The largest absolute Gasteiger partial charge is 2.00 e. The van der Waals surface area contributed by atoms with E-state index in [0.717, 1.165) is 72.0 Å². The molecule has 0 radical (unpaired) electrons. The topological polar surface area (TPSA) is 38.4 Å². The molecule has 8 heteroatoms. The number of aromatic nitrogens is 4. The molecule has 1 atom stereocenters. The minimum absolute atomic E-state index is 0. The van der Waals surface area contributed by atoms with Crippen molar-refractivity contribution in [3.8, 4) is 5.82 Å². The second-order valence-corrected chi connectivity index (χ2v) is 20.1. The fraction of sp³-hybridized carbons (Fsp3) is 0.0175. The van der Waals surface area contributed by atoms with Crippen molar-refractivity contribution in [3.05, 3.63) is 236 Å². The van der Waals surface area contributed by atoms with Crippen LogP contribution in [0.15, 0.2) is 213 Å². The van der Waals surface area contributed by atoms with Crippen LogP contribution in [-0.2, 0) is 21.1 Å². The Kier molecular flexibility index (Phi) is 9.26. The minimum atomic E-state index is -3.15. The first-order chi connectivity index (χ1) is 31.7. The summed E-state index contributed by atoms with van der Waals surface area (Å²) in [5, 5.41) is 10.1. The maximum atomic E-state index is 17.5. The molecule has 8 aromatic carbocycles. The van der Waals surface area contributed by atoms with Crippen LogP contribution in [0.5, 0.6) is 0 Å². The Morgan fingerprint density at radius 3 is 1.94 bits per heavy atom. The zero-order valence-corrected chi connectivity index (χ0v) is 38.0. The number of para-hydroxylation sites is 3. The van der Waals surface area contributed by atoms with Gasteiger partial charge in [0.2, 0.25) is 0 Å². The predicted molar refractivity (Wildman–Crippen MR) is 261 cm³/mol. The number of nitrogens with zero attached hydrogens (tertiary/aromatic N) is 5. The second kappa shape index (κ2) is 15.4. The van der Waals surface area contributed by atoms with Crippen molar-refractivity contribution >= 4 is 95.0 Å². The number of hydrogen-bond donors (Lipinski definition) is 0. The Hall–Kier alpha value is -7.44. The number of pyridine rings is 2. The third-order valence-corrected chi connectivity index (χ3v) is 18.0. The number of hydrogen-bond acceptors (Lipinski definition) is 3. The van der Waals surface area contributed by atoms with E-state index in [1.165, 1.54) is 20.7 Å². The Morgan fingerprint density at radius 2 is 1.18 bits per heavy atom. The second-order valence-electron chi connectivity index (χ2n) is 16.4. The van der Waals surface area contributed by atoms with Gasteiger partial charge >= 0.3 is 21.1 Å². The summed E-state index contributed by atoms with van der Waals surface area (Å²) in [5.41, 5.74) is 7.75. The summed E-state index contributed by atoms with van der Waals surface area (Å²) >= 11 is 0. The van der Waals surface area contributed by atoms with Crippen molar-refractivity contribution in [1.29, 1.82) is 0 Å². The normalized spacial score (nSPS) is 13.5. The molecule has 1 unspecified atom stereocenters. The van der Waals surface area contributed by atoms with Crippen molar-refractivity contribution in [2.45, 2.75) is 6.17 Å². The Bertz CT molecular complexity index is 3720. The SMILES string of the molecule is FC(c1[c-]c2c(cc1)c1ccccc1n1ccnc21)c1[c-]c2c(cc1)c1c3c(ccc1n2-c1ccccn1)N(c1ccccc1)c1ccccc1[Si]3(c1ccccc1)c1ccccc1.[Pt+2]. The summed E-state index contributed by atoms with van der Waals surface area (Å²) in [6.07, 6.45) is 4.04. The standard InChI is InChI=1S/C57H36FN5Si.Pt/c58-55(38-27-29-43-44-22-10-11-23-47(44)61-35-34-60-57(61)46(43)36-38)39-28-30-45-51(37-39)63(53-26-14-15-33-59-53)49-31-32-50-56(54(45)49)64(41-18-6-2-7-19-41,42-20-8-3-9-21-42)52-25-13-12-24-48(52)62(50)40-16-4-1-5-17-40;/h1-35,55H;/q-2;+2. The molecule has 5 nitrogen and oxygen atoms in total. The van der Waals surface area contributed by atoms with Crippen molar-refractivity contribution in [3.63, 3.8) is 0 Å². The number of fused-ring (bicyclic) bond motifs is 12. The van der Waals surface area contributed by atoms with Crippen LogP contribution in [-0.4, -0.2) is 27.0 Å². The van der Waals surface area contributed by atoms with Gasteiger partial charge in [-0.1, -0.05) is 143 Å². The molecule has 0 saturated heterocycles. The van der Waals surface area contributed by atoms with E-state index in [1.54, 1.807) is 6.20 Å². The molecule has 13 rings (SSSR count). The van der Waals surface area contributed by atoms with E-state index in [9.17, 15) is 0 Å². The fourth-order valence-electron chi connectivity index (χ4n) is 10.5. The van der Waals surface area contributed by atoms with E-state index in [-0.39, 0.29) is 21.1 Å². The van der Waals surface area contributed by atoms with Gasteiger partial charge in [0.05, 0.1) is 5.65 Å². The van der Waals surface area contributed by atoms with Gasteiger partial charge < -0.3 is 13.9 Å². The average Bonchev–Trinajstić information content (AvgIpc) is 4.00. The number of benzene rings is 8. The summed E-state index contributed by atoms with van der Waals surface area (Å²) in [7, 11) is -3.15. The molecule has 0 bridgehead atoms. The zero-order chi connectivity index (χ0) is 42.4. The quantitative estimate of drug-likeness (QED) is 0.0946. The molecule has 1 aliphatic heterocycles. The van der Waals surface area contributed by atoms with Gasteiger partial charge in [0.25, 0.3) is 0 Å². The van der Waals surface area contributed by atoms with E-state index in [4.69, 9.17) is 9.97 Å². The molecule has 0 spiro atoms. The molecular formula is C57H36FN5PtSi. The summed E-state index contributed by atoms with van der Waals surface area (Å²) in [4.78, 5) is 12.1. The fourth-order valence-corrected chi connectivity index (χ4v) is 15.9. The first-order valence-electron chi connectivity index (χ1n) is 21.5. The van der Waals surface area contributed by atoms with E-state index in [1.807, 2.05) is 60.9 Å². The summed E-state index contributed by atoms with van der Waals surface area (Å²) < 4.78 is 21.7. The smallest absolute Gasteiger partial charge is 0.340 e. The van der Waals surface area contributed by atoms with Crippen LogP contribution in [0.3, 0.4) is 0 Å². The van der Waals surface area contributed by atoms with Gasteiger partial charge in [0.15, 0.2) is 8.07 Å². The van der Waals surface area contributed by atoms with Gasteiger partial charge in [-0.25, -0.2) is 9.37 Å². The number of anilines is 3. The third-order valence-electron chi connectivity index (χ3n) is 13.1. The van der Waals surface area contributed by atoms with Crippen LogP contribution < -0.4 is 25.6 Å². The molecular weight excluding hydrogens is 997 g/mol. The van der Waals surface area contributed by atoms with Gasteiger partial charge in [-0.15, -0.1) is 29.1 Å². The predicted octanol–water partition coefficient (Wildman–Crippen LogP) is 11.0. The molecule has 0 fully saturated rings. The van der Waals surface area contributed by atoms with Crippen LogP contribution in [0.1, 0.15) is 17.3 Å². The number of imidazole rings is 1. The molecule has 1 aliphatic rings. The van der Waals surface area contributed by atoms with Crippen molar-refractivity contribution in [2.24, 2.45) is 0 Å². The van der Waals surface area contributed by atoms with Crippen molar-refractivity contribution in [2.75, 3.05) is 4.90 Å². The first kappa shape index (κ1) is 39.2. The van der Waals surface area contributed by atoms with Gasteiger partial charge in [0.1, 0.15) is 12.0 Å². The molecule has 0 N–H and O–H groups in total. The van der Waals surface area contributed by atoms with Gasteiger partial charge in [-0.3, -0.25) is 4.98 Å². The zero-order valence-electron chi connectivity index (χ0n) is 34.7. The maximum absolute atomic E-state index is 17.5. The third kappa shape index (κ3) is 5.72. The van der Waals surface area contributed by atoms with Gasteiger partial charge in [-0.2, -0.15) is 18.2 Å². The van der Waals surface area contributed by atoms with Crippen LogP contribution in [0.25, 0.3) is 54.9 Å². The van der Waals surface area contributed by atoms with Crippen molar-refractivity contribution in [1.82, 2.24) is 18.9 Å². The first-order valence-corrected chi connectivity index (χ1v) is 23.5. The summed E-state index contributed by atoms with van der Waals surface area (Å²) in [6, 6.07) is 75.5. The number of rotatable bonds is 6. The molecule has 0 aliphatic carbocycles. The number of halogens is 1. The molecule has 12 aromatic rings.